The molecule has 0 saturated carbocycles. The lowest BCUT2D eigenvalue weighted by Crippen LogP contribution is -2.49. The van der Waals surface area contributed by atoms with E-state index in [2.05, 4.69) is 19.5 Å². The maximum Gasteiger partial charge on any atom is 0.535 e. The van der Waals surface area contributed by atoms with Gasteiger partial charge in [-0.05, 0) is 24.6 Å². The minimum absolute atomic E-state index is 0.0561. The first kappa shape index (κ1) is 23.0. The molecule has 0 bridgehead atoms. The molecule has 0 spiro atoms. The molecule has 3 aromatic rings. The van der Waals surface area contributed by atoms with E-state index in [1.54, 1.807) is 22.9 Å². The highest BCUT2D eigenvalue weighted by atomic mass is 19.3. The molecule has 1 fully saturated rings. The van der Waals surface area contributed by atoms with E-state index in [-0.39, 0.29) is 18.3 Å². The summed E-state index contributed by atoms with van der Waals surface area (Å²) in [5, 5.41) is 5.27. The van der Waals surface area contributed by atoms with Crippen molar-refractivity contribution in [3.8, 4) is 5.75 Å². The molecule has 2 aliphatic rings. The van der Waals surface area contributed by atoms with E-state index in [1.165, 1.54) is 6.07 Å². The maximum atomic E-state index is 13.4. The van der Waals surface area contributed by atoms with Crippen molar-refractivity contribution in [3.05, 3.63) is 53.7 Å². The number of nitrogens with zero attached hydrogens (tertiary/aromatic N) is 4. The van der Waals surface area contributed by atoms with E-state index >= 15 is 0 Å². The molecule has 2 N–H and O–H groups in total. The summed E-state index contributed by atoms with van der Waals surface area (Å²) in [6.45, 7) is 2.54. The molecule has 35 heavy (non-hydrogen) atoms. The van der Waals surface area contributed by atoms with Crippen molar-refractivity contribution >= 4 is 28.4 Å². The fourth-order valence-corrected chi connectivity index (χ4v) is 4.56. The second-order valence-electron chi connectivity index (χ2n) is 8.58. The highest BCUT2D eigenvalue weighted by Gasteiger charge is 2.40. The third kappa shape index (κ3) is 4.76. The summed E-state index contributed by atoms with van der Waals surface area (Å²) < 4.78 is 37.7. The van der Waals surface area contributed by atoms with Gasteiger partial charge in [-0.25, -0.2) is 0 Å². The molecular weight excluding hydrogens is 460 g/mol. The van der Waals surface area contributed by atoms with Crippen LogP contribution >= 0.6 is 0 Å². The summed E-state index contributed by atoms with van der Waals surface area (Å²) in [5.41, 5.74) is 7.73. The van der Waals surface area contributed by atoms with Gasteiger partial charge >= 0.3 is 6.29 Å². The van der Waals surface area contributed by atoms with Crippen LogP contribution in [0.5, 0.6) is 5.75 Å². The smallest absolute Gasteiger partial charge is 0.409 e. The normalized spacial score (nSPS) is 17.2. The number of nitrogens with two attached hydrogens (primary N) is 1. The van der Waals surface area contributed by atoms with Crippen LogP contribution in [-0.4, -0.2) is 59.0 Å². The number of ether oxygens (including phenoxy) is 2. The number of carbonyl (C=O) groups excluding carboxylic acids is 2. The van der Waals surface area contributed by atoms with Crippen molar-refractivity contribution < 1.29 is 27.8 Å². The minimum Gasteiger partial charge on any atom is -0.409 e. The Bertz CT molecular complexity index is 1270. The monoisotopic (exact) mass is 485 g/mol. The summed E-state index contributed by atoms with van der Waals surface area (Å²) in [7, 11) is 0. The number of hydrogen-bond donors (Lipinski definition) is 1. The summed E-state index contributed by atoms with van der Waals surface area (Å²) >= 11 is 0. The van der Waals surface area contributed by atoms with Crippen LogP contribution in [0.1, 0.15) is 28.8 Å². The van der Waals surface area contributed by atoms with Crippen molar-refractivity contribution in [2.75, 3.05) is 31.1 Å². The molecule has 0 unspecified atom stereocenters. The summed E-state index contributed by atoms with van der Waals surface area (Å²) in [4.78, 5) is 28.2. The van der Waals surface area contributed by atoms with Crippen molar-refractivity contribution in [2.45, 2.75) is 32.3 Å². The second kappa shape index (κ2) is 9.14. The molecule has 11 heteroatoms. The first-order chi connectivity index (χ1) is 16.8. The molecule has 2 aliphatic heterocycles. The number of aryl methyl sites for hydroxylation is 1. The van der Waals surface area contributed by atoms with Gasteiger partial charge in [0.2, 0.25) is 5.91 Å². The van der Waals surface area contributed by atoms with E-state index in [0.717, 1.165) is 11.1 Å². The number of carbonyl (C=O) groups is 2. The van der Waals surface area contributed by atoms with E-state index < -0.39 is 12.2 Å². The van der Waals surface area contributed by atoms with Gasteiger partial charge < -0.3 is 20.3 Å². The number of amides is 2. The van der Waals surface area contributed by atoms with Crippen molar-refractivity contribution in [3.63, 3.8) is 0 Å². The molecule has 2 amide bonds. The molecule has 9 nitrogen and oxygen atoms in total. The SMILES string of the molecule is NC(=O)c1cccc2cn(CCCC(=O)N3CCN(c4cccc5c4COC(F)(F)O5)CC3)nc12. The molecule has 2 aromatic carbocycles. The van der Waals surface area contributed by atoms with E-state index in [1.807, 2.05) is 23.2 Å². The Morgan fingerprint density at radius 2 is 1.86 bits per heavy atom. The quantitative estimate of drug-likeness (QED) is 0.576. The van der Waals surface area contributed by atoms with E-state index in [4.69, 9.17) is 5.73 Å². The molecule has 1 aromatic heterocycles. The first-order valence-electron chi connectivity index (χ1n) is 11.4. The average molecular weight is 485 g/mol. The third-order valence-corrected chi connectivity index (χ3v) is 6.32. The van der Waals surface area contributed by atoms with Crippen LogP contribution in [0.4, 0.5) is 14.5 Å². The van der Waals surface area contributed by atoms with Crippen LogP contribution in [-0.2, 0) is 22.7 Å². The predicted octanol–water partition coefficient (Wildman–Crippen LogP) is 2.72. The maximum absolute atomic E-state index is 13.4. The van der Waals surface area contributed by atoms with Gasteiger partial charge in [-0.2, -0.15) is 5.10 Å². The Labute approximate surface area is 200 Å². The lowest BCUT2D eigenvalue weighted by molar-refractivity contribution is -0.367. The zero-order chi connectivity index (χ0) is 24.6. The average Bonchev–Trinajstić information content (AvgIpc) is 3.25. The Morgan fingerprint density at radius 3 is 2.63 bits per heavy atom. The number of rotatable bonds is 6. The lowest BCUT2D eigenvalue weighted by atomic mass is 10.1. The van der Waals surface area contributed by atoms with Crippen molar-refractivity contribution in [1.82, 2.24) is 14.7 Å². The fourth-order valence-electron chi connectivity index (χ4n) is 4.56. The third-order valence-electron chi connectivity index (χ3n) is 6.32. The van der Waals surface area contributed by atoms with Gasteiger partial charge in [0.15, 0.2) is 0 Å². The van der Waals surface area contributed by atoms with Crippen LogP contribution in [0.15, 0.2) is 42.6 Å². The molecule has 0 aliphatic carbocycles. The minimum atomic E-state index is -3.62. The standard InChI is InChI=1S/C24H25F2N5O4/c25-24(26)34-15-18-19(6-2-7-20(18)35-24)29-10-12-30(13-11-29)21(32)8-3-9-31-14-16-4-1-5-17(23(27)33)22(16)28-31/h1-2,4-7,14H,3,8-13,15H2,(H2,27,33). The van der Waals surface area contributed by atoms with Crippen LogP contribution in [0.2, 0.25) is 0 Å². The number of alkyl halides is 2. The van der Waals surface area contributed by atoms with Gasteiger partial charge in [0.05, 0.1) is 12.2 Å². The zero-order valence-electron chi connectivity index (χ0n) is 19.0. The highest BCUT2D eigenvalue weighted by molar-refractivity contribution is 6.04. The van der Waals surface area contributed by atoms with Gasteiger partial charge in [0.1, 0.15) is 11.3 Å². The van der Waals surface area contributed by atoms with Crippen LogP contribution in [0.25, 0.3) is 10.9 Å². The van der Waals surface area contributed by atoms with Gasteiger partial charge in [-0.1, -0.05) is 18.2 Å². The number of anilines is 1. The molecule has 184 valence electrons. The lowest BCUT2D eigenvalue weighted by Gasteiger charge is -2.38. The number of hydrogen-bond acceptors (Lipinski definition) is 6. The second-order valence-corrected chi connectivity index (χ2v) is 8.58. The van der Waals surface area contributed by atoms with Gasteiger partial charge in [0.25, 0.3) is 5.91 Å². The molecule has 0 atom stereocenters. The van der Waals surface area contributed by atoms with Crippen LogP contribution in [0, 0.1) is 0 Å². The predicted molar refractivity (Wildman–Crippen MR) is 123 cm³/mol. The topological polar surface area (TPSA) is 103 Å². The molecule has 5 rings (SSSR count). The summed E-state index contributed by atoms with van der Waals surface area (Å²) in [6, 6.07) is 10.3. The number of piperazine rings is 1. The number of benzene rings is 2. The Hall–Kier alpha value is -3.73. The zero-order valence-corrected chi connectivity index (χ0v) is 19.0. The number of primary amides is 1. The summed E-state index contributed by atoms with van der Waals surface area (Å²) in [6.07, 6.45) is -0.803. The molecule has 0 radical (unpaired) electrons. The fraction of sp³-hybridized carbons (Fsp3) is 0.375. The van der Waals surface area contributed by atoms with Gasteiger partial charge in [-0.15, -0.1) is 8.78 Å². The molecule has 3 heterocycles. The van der Waals surface area contributed by atoms with Gasteiger partial charge in [-0.3, -0.25) is 19.0 Å². The van der Waals surface area contributed by atoms with Crippen molar-refractivity contribution in [2.24, 2.45) is 5.73 Å². The molecule has 1 saturated heterocycles. The number of halogens is 2. The number of fused-ring (bicyclic) bond motifs is 2. The van der Waals surface area contributed by atoms with Gasteiger partial charge in [0, 0.05) is 62.0 Å². The van der Waals surface area contributed by atoms with E-state index in [0.29, 0.717) is 62.2 Å². The molecular formula is C24H25F2N5O4. The van der Waals surface area contributed by atoms with E-state index in [9.17, 15) is 18.4 Å². The highest BCUT2D eigenvalue weighted by Crippen LogP contribution is 2.38. The Kier molecular flexibility index (Phi) is 6.01. The Balaban J connectivity index is 1.14. The number of aromatic nitrogens is 2. The first-order valence-corrected chi connectivity index (χ1v) is 11.4. The Morgan fingerprint density at radius 1 is 1.09 bits per heavy atom. The van der Waals surface area contributed by atoms with Crippen molar-refractivity contribution in [1.29, 1.82) is 0 Å². The summed E-state index contributed by atoms with van der Waals surface area (Å²) in [5.74, 6) is -0.351. The van der Waals surface area contributed by atoms with Crippen LogP contribution < -0.4 is 15.4 Å². The largest absolute Gasteiger partial charge is 0.535 e. The van der Waals surface area contributed by atoms with Crippen LogP contribution in [0.3, 0.4) is 0 Å².